The van der Waals surface area contributed by atoms with Crippen molar-refractivity contribution < 1.29 is 17.2 Å². The summed E-state index contributed by atoms with van der Waals surface area (Å²) in [5, 5.41) is 5.12. The number of hydrogen-bond acceptors (Lipinski definition) is 4. The molecule has 0 saturated heterocycles. The van der Waals surface area contributed by atoms with Crippen LogP contribution in [0.4, 0.5) is 8.78 Å². The van der Waals surface area contributed by atoms with Crippen molar-refractivity contribution in [3.05, 3.63) is 88.7 Å². The van der Waals surface area contributed by atoms with Crippen LogP contribution < -0.4 is 5.56 Å². The van der Waals surface area contributed by atoms with E-state index in [0.29, 0.717) is 35.8 Å². The topological polar surface area (TPSA) is 72.3 Å². The SMILES string of the molecule is CCN(CC)S(=O)(=O)c1cccc(-c2nn(-c3ccc(F)cc3F)c(=O)c3ccccc23)c1. The first-order valence-electron chi connectivity index (χ1n) is 10.4. The Morgan fingerprint density at radius 3 is 2.27 bits per heavy atom. The van der Waals surface area contributed by atoms with Gasteiger partial charge in [-0.05, 0) is 30.3 Å². The molecule has 0 saturated carbocycles. The molecular formula is C24H21F2N3O3S. The van der Waals surface area contributed by atoms with Crippen molar-refractivity contribution in [2.24, 2.45) is 0 Å². The Morgan fingerprint density at radius 2 is 1.61 bits per heavy atom. The van der Waals surface area contributed by atoms with Crippen LogP contribution in [0.15, 0.2) is 76.4 Å². The maximum Gasteiger partial charge on any atom is 0.279 e. The molecule has 0 N–H and O–H groups in total. The number of aromatic nitrogens is 2. The second-order valence-corrected chi connectivity index (χ2v) is 9.26. The lowest BCUT2D eigenvalue weighted by Gasteiger charge is -2.19. The summed E-state index contributed by atoms with van der Waals surface area (Å²) in [7, 11) is -3.73. The van der Waals surface area contributed by atoms with E-state index >= 15 is 0 Å². The molecule has 0 spiro atoms. The summed E-state index contributed by atoms with van der Waals surface area (Å²) < 4.78 is 56.2. The van der Waals surface area contributed by atoms with Gasteiger partial charge in [0.25, 0.3) is 5.56 Å². The predicted octanol–water partition coefficient (Wildman–Crippen LogP) is 4.36. The van der Waals surface area contributed by atoms with Gasteiger partial charge in [0.15, 0.2) is 5.82 Å². The van der Waals surface area contributed by atoms with Crippen LogP contribution in [0.5, 0.6) is 0 Å². The molecule has 0 radical (unpaired) electrons. The molecule has 0 unspecified atom stereocenters. The van der Waals surface area contributed by atoms with Crippen LogP contribution in [0.1, 0.15) is 13.8 Å². The summed E-state index contributed by atoms with van der Waals surface area (Å²) >= 11 is 0. The number of fused-ring (bicyclic) bond motifs is 1. The number of halogens is 2. The summed E-state index contributed by atoms with van der Waals surface area (Å²) in [4.78, 5) is 13.2. The van der Waals surface area contributed by atoms with Gasteiger partial charge >= 0.3 is 0 Å². The van der Waals surface area contributed by atoms with Crippen LogP contribution in [0.2, 0.25) is 0 Å². The Morgan fingerprint density at radius 1 is 0.909 bits per heavy atom. The zero-order valence-electron chi connectivity index (χ0n) is 18.0. The molecule has 0 bridgehead atoms. The van der Waals surface area contributed by atoms with Gasteiger partial charge in [-0.2, -0.15) is 14.1 Å². The van der Waals surface area contributed by atoms with E-state index in [2.05, 4.69) is 5.10 Å². The molecule has 4 aromatic rings. The van der Waals surface area contributed by atoms with Crippen LogP contribution >= 0.6 is 0 Å². The van der Waals surface area contributed by atoms with Crippen molar-refractivity contribution in [1.29, 1.82) is 0 Å². The summed E-state index contributed by atoms with van der Waals surface area (Å²) in [6.45, 7) is 4.15. The van der Waals surface area contributed by atoms with Gasteiger partial charge in [-0.1, -0.05) is 44.2 Å². The van der Waals surface area contributed by atoms with Crippen LogP contribution in [-0.2, 0) is 10.0 Å². The lowest BCUT2D eigenvalue weighted by atomic mass is 10.1. The number of rotatable bonds is 6. The van der Waals surface area contributed by atoms with E-state index in [4.69, 9.17) is 0 Å². The zero-order chi connectivity index (χ0) is 23.8. The van der Waals surface area contributed by atoms with Crippen LogP contribution in [0.3, 0.4) is 0 Å². The highest BCUT2D eigenvalue weighted by molar-refractivity contribution is 7.89. The predicted molar refractivity (Wildman–Crippen MR) is 123 cm³/mol. The monoisotopic (exact) mass is 469 g/mol. The standard InChI is InChI=1S/C24H21F2N3O3S/c1-3-28(4-2)33(31,32)18-9-7-8-16(14-18)23-19-10-5-6-11-20(19)24(30)29(27-23)22-13-12-17(25)15-21(22)26/h5-15H,3-4H2,1-2H3. The molecule has 0 atom stereocenters. The second kappa shape index (κ2) is 8.84. The molecule has 0 fully saturated rings. The van der Waals surface area contributed by atoms with Crippen LogP contribution in [-0.4, -0.2) is 35.6 Å². The van der Waals surface area contributed by atoms with Gasteiger partial charge in [-0.25, -0.2) is 17.2 Å². The van der Waals surface area contributed by atoms with Crippen molar-refractivity contribution in [2.45, 2.75) is 18.7 Å². The van der Waals surface area contributed by atoms with Gasteiger partial charge in [0.2, 0.25) is 10.0 Å². The molecule has 9 heteroatoms. The van der Waals surface area contributed by atoms with Crippen LogP contribution in [0, 0.1) is 11.6 Å². The summed E-state index contributed by atoms with van der Waals surface area (Å²) in [5.41, 5.74) is -0.0479. The van der Waals surface area contributed by atoms with Crippen LogP contribution in [0.25, 0.3) is 27.7 Å². The van der Waals surface area contributed by atoms with Crippen molar-refractivity contribution in [1.82, 2.24) is 14.1 Å². The second-order valence-electron chi connectivity index (χ2n) is 7.32. The minimum Gasteiger partial charge on any atom is -0.267 e. The molecule has 4 rings (SSSR count). The molecule has 1 aromatic heterocycles. The molecule has 0 aliphatic rings. The fraction of sp³-hybridized carbons (Fsp3) is 0.167. The summed E-state index contributed by atoms with van der Waals surface area (Å²) in [6, 6.07) is 15.8. The Bertz CT molecular complexity index is 1510. The first-order valence-corrected chi connectivity index (χ1v) is 11.8. The minimum absolute atomic E-state index is 0.0836. The fourth-order valence-electron chi connectivity index (χ4n) is 3.74. The van der Waals surface area contributed by atoms with Gasteiger partial charge in [0, 0.05) is 30.1 Å². The van der Waals surface area contributed by atoms with Gasteiger partial charge in [0.05, 0.1) is 16.0 Å². The smallest absolute Gasteiger partial charge is 0.267 e. The molecule has 0 amide bonds. The number of nitrogens with zero attached hydrogens (tertiary/aromatic N) is 3. The third kappa shape index (κ3) is 4.05. The van der Waals surface area contributed by atoms with Gasteiger partial charge in [-0.15, -0.1) is 0 Å². The van der Waals surface area contributed by atoms with Crippen molar-refractivity contribution >= 4 is 20.8 Å². The summed E-state index contributed by atoms with van der Waals surface area (Å²) in [6.07, 6.45) is 0. The largest absolute Gasteiger partial charge is 0.279 e. The molecule has 6 nitrogen and oxygen atoms in total. The van der Waals surface area contributed by atoms with E-state index in [9.17, 15) is 22.0 Å². The van der Waals surface area contributed by atoms with E-state index in [1.54, 1.807) is 50.2 Å². The molecule has 170 valence electrons. The first kappa shape index (κ1) is 22.8. The molecular weight excluding hydrogens is 448 g/mol. The Labute approximate surface area is 189 Å². The van der Waals surface area contributed by atoms with Crippen molar-refractivity contribution in [2.75, 3.05) is 13.1 Å². The number of benzene rings is 3. The molecule has 3 aromatic carbocycles. The van der Waals surface area contributed by atoms with E-state index in [1.165, 1.54) is 16.4 Å². The lowest BCUT2D eigenvalue weighted by molar-refractivity contribution is 0.445. The highest BCUT2D eigenvalue weighted by atomic mass is 32.2. The van der Waals surface area contributed by atoms with Crippen molar-refractivity contribution in [3.63, 3.8) is 0 Å². The van der Waals surface area contributed by atoms with Gasteiger partial charge in [0.1, 0.15) is 11.5 Å². The van der Waals surface area contributed by atoms with Crippen molar-refractivity contribution in [3.8, 4) is 16.9 Å². The molecule has 0 aliphatic carbocycles. The van der Waals surface area contributed by atoms with E-state index < -0.39 is 27.2 Å². The highest BCUT2D eigenvalue weighted by Crippen LogP contribution is 2.28. The van der Waals surface area contributed by atoms with E-state index in [0.717, 1.165) is 16.8 Å². The molecule has 0 aliphatic heterocycles. The third-order valence-electron chi connectivity index (χ3n) is 5.39. The lowest BCUT2D eigenvalue weighted by Crippen LogP contribution is -2.30. The maximum absolute atomic E-state index is 14.5. The quantitative estimate of drug-likeness (QED) is 0.421. The van der Waals surface area contributed by atoms with Gasteiger partial charge < -0.3 is 0 Å². The summed E-state index contributed by atoms with van der Waals surface area (Å²) in [5.74, 6) is -1.72. The highest BCUT2D eigenvalue weighted by Gasteiger charge is 2.23. The fourth-order valence-corrected chi connectivity index (χ4v) is 5.24. The molecule has 1 heterocycles. The molecule has 33 heavy (non-hydrogen) atoms. The average Bonchev–Trinajstić information content (AvgIpc) is 2.81. The Balaban J connectivity index is 1.99. The average molecular weight is 470 g/mol. The normalized spacial score (nSPS) is 11.9. The number of hydrogen-bond donors (Lipinski definition) is 0. The maximum atomic E-state index is 14.5. The Hall–Kier alpha value is -3.43. The Kier molecular flexibility index (Phi) is 6.09. The number of sulfonamides is 1. The zero-order valence-corrected chi connectivity index (χ0v) is 18.8. The van der Waals surface area contributed by atoms with E-state index in [1.807, 2.05) is 0 Å². The third-order valence-corrected chi connectivity index (χ3v) is 7.44. The minimum atomic E-state index is -3.73. The first-order chi connectivity index (χ1) is 15.8. The van der Waals surface area contributed by atoms with Gasteiger partial charge in [-0.3, -0.25) is 4.79 Å². The van der Waals surface area contributed by atoms with E-state index in [-0.39, 0.29) is 16.0 Å².